The van der Waals surface area contributed by atoms with E-state index in [0.717, 1.165) is 11.4 Å². The summed E-state index contributed by atoms with van der Waals surface area (Å²) in [6, 6.07) is 98.8. The first kappa shape index (κ1) is 40.4. The van der Waals surface area contributed by atoms with E-state index in [1.165, 1.54) is 131 Å². The average Bonchev–Trinajstić information content (AvgIpc) is 3.97. The Kier molecular flexibility index (Phi) is 8.99. The highest BCUT2D eigenvalue weighted by Gasteiger charge is 2.22. The lowest BCUT2D eigenvalue weighted by Crippen LogP contribution is -1.95. The van der Waals surface area contributed by atoms with Crippen LogP contribution in [0.4, 0.5) is 0 Å². The van der Waals surface area contributed by atoms with E-state index in [4.69, 9.17) is 0 Å². The van der Waals surface area contributed by atoms with Crippen LogP contribution in [0, 0.1) is 0 Å². The Bertz CT molecular complexity index is 4250. The molecule has 15 aromatic rings. The third-order valence-corrected chi connectivity index (χ3v) is 15.3. The van der Waals surface area contributed by atoms with Crippen LogP contribution in [0.5, 0.6) is 0 Å². The fourth-order valence-corrected chi connectivity index (χ4v) is 12.1. The molecule has 0 aliphatic carbocycles. The van der Waals surface area contributed by atoms with Crippen LogP contribution < -0.4 is 0 Å². The predicted octanol–water partition coefficient (Wildman–Crippen LogP) is 19.2. The topological polar surface area (TPSA) is 9.86 Å². The normalized spacial score (nSPS) is 11.9. The SMILES string of the molecule is c1ccc2c(-c3c4ccc(-c5ccc(-n6c7ccccc7c7ccccc76)cc5)cc4c(-c4cccc5ccccc45)c4ccc(-c5ccc(-n6c7ccccc7c7ccccc76)cc5)cc34)cccc2c1. The molecule has 2 nitrogen and oxygen atoms in total. The zero-order chi connectivity index (χ0) is 47.3. The zero-order valence-corrected chi connectivity index (χ0v) is 39.3. The Balaban J connectivity index is 0.959. The maximum atomic E-state index is 2.46. The number of rotatable bonds is 6. The monoisotopic (exact) mass is 912 g/mol. The molecule has 0 aliphatic heterocycles. The van der Waals surface area contributed by atoms with Crippen LogP contribution in [-0.4, -0.2) is 9.13 Å². The molecular weight excluding hydrogens is 869 g/mol. The molecule has 0 saturated heterocycles. The van der Waals surface area contributed by atoms with Crippen molar-refractivity contribution in [1.29, 1.82) is 0 Å². The molecule has 2 heteroatoms. The Morgan fingerprint density at radius 1 is 0.194 bits per heavy atom. The summed E-state index contributed by atoms with van der Waals surface area (Å²) in [7, 11) is 0. The number of benzene rings is 13. The lowest BCUT2D eigenvalue weighted by atomic mass is 9.82. The highest BCUT2D eigenvalue weighted by atomic mass is 15.0. The molecule has 0 amide bonds. The molecule has 2 heterocycles. The van der Waals surface area contributed by atoms with Crippen LogP contribution in [0.25, 0.3) is 143 Å². The second-order valence-electron chi connectivity index (χ2n) is 19.2. The van der Waals surface area contributed by atoms with E-state index < -0.39 is 0 Å². The lowest BCUT2D eigenvalue weighted by molar-refractivity contribution is 1.18. The summed E-state index contributed by atoms with van der Waals surface area (Å²) in [6.07, 6.45) is 0. The minimum atomic E-state index is 1.15. The van der Waals surface area contributed by atoms with Crippen LogP contribution in [0.2, 0.25) is 0 Å². The quantitative estimate of drug-likeness (QED) is 0.147. The van der Waals surface area contributed by atoms with Crippen molar-refractivity contribution >= 4 is 86.7 Å². The van der Waals surface area contributed by atoms with E-state index in [1.807, 2.05) is 0 Å². The van der Waals surface area contributed by atoms with Crippen LogP contribution in [0.15, 0.2) is 267 Å². The van der Waals surface area contributed by atoms with Gasteiger partial charge in [-0.05, 0) is 148 Å². The minimum Gasteiger partial charge on any atom is -0.309 e. The number of hydrogen-bond donors (Lipinski definition) is 0. The summed E-state index contributed by atoms with van der Waals surface area (Å²) >= 11 is 0. The van der Waals surface area contributed by atoms with Gasteiger partial charge in [0.25, 0.3) is 0 Å². The summed E-state index contributed by atoms with van der Waals surface area (Å²) in [5.74, 6) is 0. The van der Waals surface area contributed by atoms with E-state index in [2.05, 4.69) is 276 Å². The molecule has 0 aliphatic rings. The molecule has 0 unspecified atom stereocenters. The molecule has 72 heavy (non-hydrogen) atoms. The van der Waals surface area contributed by atoms with Crippen molar-refractivity contribution in [3.8, 4) is 55.9 Å². The van der Waals surface area contributed by atoms with Gasteiger partial charge in [0.1, 0.15) is 0 Å². The molecule has 2 aromatic heterocycles. The van der Waals surface area contributed by atoms with Gasteiger partial charge in [0, 0.05) is 32.9 Å². The number of hydrogen-bond acceptors (Lipinski definition) is 0. The number of aromatic nitrogens is 2. The van der Waals surface area contributed by atoms with Gasteiger partial charge in [0.15, 0.2) is 0 Å². The van der Waals surface area contributed by atoms with Gasteiger partial charge in [-0.1, -0.05) is 206 Å². The number of para-hydroxylation sites is 4. The third kappa shape index (κ3) is 6.16. The number of nitrogens with zero attached hydrogens (tertiary/aromatic N) is 2. The van der Waals surface area contributed by atoms with Crippen LogP contribution in [-0.2, 0) is 0 Å². The van der Waals surface area contributed by atoms with Crippen molar-refractivity contribution in [3.05, 3.63) is 267 Å². The zero-order valence-electron chi connectivity index (χ0n) is 39.3. The molecule has 13 aromatic carbocycles. The molecule has 0 saturated carbocycles. The molecular formula is C70H44N2. The van der Waals surface area contributed by atoms with Gasteiger partial charge in [0.05, 0.1) is 22.1 Å². The van der Waals surface area contributed by atoms with Gasteiger partial charge in [-0.15, -0.1) is 0 Å². The third-order valence-electron chi connectivity index (χ3n) is 15.3. The van der Waals surface area contributed by atoms with Gasteiger partial charge in [-0.2, -0.15) is 0 Å². The van der Waals surface area contributed by atoms with Crippen molar-refractivity contribution in [2.45, 2.75) is 0 Å². The summed E-state index contributed by atoms with van der Waals surface area (Å²) in [4.78, 5) is 0. The first-order valence-electron chi connectivity index (χ1n) is 24.9. The van der Waals surface area contributed by atoms with E-state index >= 15 is 0 Å². The standard InChI is InChI=1S/C70H44N2/c1-3-19-53-47(15-1)17-13-25-59(53)69-61-41-35-50(46-33-39-52(40-34-46)72-67-29-11-7-23-57(67)58-24-8-12-30-68(58)72)44-64(61)70(60-26-14-18-48-16-2-4-20-54(48)60)62-42-36-49(43-63(62)69)45-31-37-51(38-32-45)71-65-27-9-5-21-55(65)56-22-6-10-28-66(56)71/h1-44H. The maximum absolute atomic E-state index is 2.46. The Morgan fingerprint density at radius 3 is 0.875 bits per heavy atom. The summed E-state index contributed by atoms with van der Waals surface area (Å²) in [5.41, 5.74) is 16.8. The van der Waals surface area contributed by atoms with E-state index in [-0.39, 0.29) is 0 Å². The molecule has 15 rings (SSSR count). The number of fused-ring (bicyclic) bond motifs is 10. The smallest absolute Gasteiger partial charge is 0.0541 e. The van der Waals surface area contributed by atoms with E-state index in [0.29, 0.717) is 0 Å². The van der Waals surface area contributed by atoms with Crippen molar-refractivity contribution < 1.29 is 0 Å². The van der Waals surface area contributed by atoms with E-state index in [1.54, 1.807) is 0 Å². The molecule has 0 bridgehead atoms. The minimum absolute atomic E-state index is 1.15. The van der Waals surface area contributed by atoms with Crippen LogP contribution in [0.3, 0.4) is 0 Å². The first-order chi connectivity index (χ1) is 35.7. The average molecular weight is 913 g/mol. The Labute approximate surface area is 416 Å². The Morgan fingerprint density at radius 2 is 0.500 bits per heavy atom. The highest BCUT2D eigenvalue weighted by molar-refractivity contribution is 6.26. The van der Waals surface area contributed by atoms with E-state index in [9.17, 15) is 0 Å². The highest BCUT2D eigenvalue weighted by Crippen LogP contribution is 2.49. The van der Waals surface area contributed by atoms with Crippen molar-refractivity contribution in [2.24, 2.45) is 0 Å². The second kappa shape index (κ2) is 16.0. The Hall–Kier alpha value is -9.50. The van der Waals surface area contributed by atoms with Crippen LogP contribution in [0.1, 0.15) is 0 Å². The summed E-state index contributed by atoms with van der Waals surface area (Å²) < 4.78 is 4.79. The first-order valence-corrected chi connectivity index (χ1v) is 24.9. The van der Waals surface area contributed by atoms with Gasteiger partial charge < -0.3 is 9.13 Å². The molecule has 0 fully saturated rings. The van der Waals surface area contributed by atoms with Gasteiger partial charge in [-0.3, -0.25) is 0 Å². The summed E-state index contributed by atoms with van der Waals surface area (Å²) in [6.45, 7) is 0. The largest absolute Gasteiger partial charge is 0.309 e. The van der Waals surface area contributed by atoms with Crippen molar-refractivity contribution in [1.82, 2.24) is 9.13 Å². The summed E-state index contributed by atoms with van der Waals surface area (Å²) in [5, 5.41) is 14.9. The van der Waals surface area contributed by atoms with Gasteiger partial charge in [0.2, 0.25) is 0 Å². The van der Waals surface area contributed by atoms with Crippen molar-refractivity contribution in [3.63, 3.8) is 0 Å². The predicted molar refractivity (Wildman–Crippen MR) is 307 cm³/mol. The van der Waals surface area contributed by atoms with Gasteiger partial charge >= 0.3 is 0 Å². The molecule has 0 N–H and O–H groups in total. The van der Waals surface area contributed by atoms with Gasteiger partial charge in [-0.25, -0.2) is 0 Å². The van der Waals surface area contributed by atoms with Crippen molar-refractivity contribution in [2.75, 3.05) is 0 Å². The molecule has 334 valence electrons. The molecule has 0 atom stereocenters. The lowest BCUT2D eigenvalue weighted by Gasteiger charge is -2.21. The van der Waals surface area contributed by atoms with Crippen LogP contribution >= 0.6 is 0 Å². The maximum Gasteiger partial charge on any atom is 0.0541 e. The molecule has 0 radical (unpaired) electrons. The molecule has 0 spiro atoms. The fourth-order valence-electron chi connectivity index (χ4n) is 12.1. The fraction of sp³-hybridized carbons (Fsp3) is 0. The second-order valence-corrected chi connectivity index (χ2v) is 19.2.